The van der Waals surface area contributed by atoms with Gasteiger partial charge in [0.05, 0.1) is 6.61 Å². The maximum atomic E-state index is 9.99. The molecule has 0 rings (SSSR count). The lowest BCUT2D eigenvalue weighted by atomic mass is 10.6. The molecular weight excluding hydrogens is 134 g/mol. The summed E-state index contributed by atoms with van der Waals surface area (Å²) in [6.07, 6.45) is 0.721. The van der Waals surface area contributed by atoms with Crippen molar-refractivity contribution in [2.45, 2.75) is 13.2 Å². The number of carbonyl (C=O) groups excluding carboxylic acids is 1. The van der Waals surface area contributed by atoms with Gasteiger partial charge < -0.3 is 15.2 Å². The molecule has 0 aromatic carbocycles. The maximum absolute atomic E-state index is 9.99. The molecule has 1 radical (unpaired) electrons. The van der Waals surface area contributed by atoms with E-state index in [0.29, 0.717) is 19.8 Å². The average Bonchev–Trinajstić information content (AvgIpc) is 1.98. The van der Waals surface area contributed by atoms with Crippen molar-refractivity contribution in [3.63, 3.8) is 0 Å². The van der Waals surface area contributed by atoms with Crippen LogP contribution >= 0.6 is 0 Å². The van der Waals surface area contributed by atoms with Gasteiger partial charge in [-0.25, -0.2) is 0 Å². The summed E-state index contributed by atoms with van der Waals surface area (Å²) < 4.78 is 9.60. The topological polar surface area (TPSA) is 61.5 Å². The third-order valence-corrected chi connectivity index (χ3v) is 0.801. The predicted octanol–water partition coefficient (Wildman–Crippen LogP) is -0.566. The highest BCUT2D eigenvalue weighted by atomic mass is 16.7. The minimum atomic E-state index is -0.867. The highest BCUT2D eigenvalue weighted by molar-refractivity contribution is 5.54. The standard InChI is InChI=1S/C6H12NO3/c1-2-9-6(5-8)10-4-3-7/h6H,2-4,7H2,1H3. The minimum absolute atomic E-state index is 0.319. The van der Waals surface area contributed by atoms with Gasteiger partial charge in [0, 0.05) is 13.2 Å². The first kappa shape index (κ1) is 9.55. The van der Waals surface area contributed by atoms with Gasteiger partial charge in [0.2, 0.25) is 6.29 Å². The number of ether oxygens (including phenoxy) is 2. The zero-order chi connectivity index (χ0) is 7.82. The largest absolute Gasteiger partial charge is 0.346 e. The van der Waals surface area contributed by atoms with Crippen LogP contribution in [0.3, 0.4) is 0 Å². The number of hydrogen-bond acceptors (Lipinski definition) is 4. The Balaban J connectivity index is 3.29. The zero-order valence-electron chi connectivity index (χ0n) is 6.00. The fraction of sp³-hybridized carbons (Fsp3) is 0.833. The van der Waals surface area contributed by atoms with Crippen molar-refractivity contribution in [1.82, 2.24) is 0 Å². The van der Waals surface area contributed by atoms with Crippen LogP contribution in [0.15, 0.2) is 0 Å². The van der Waals surface area contributed by atoms with Crippen molar-refractivity contribution in [3.05, 3.63) is 0 Å². The molecule has 1 atom stereocenters. The summed E-state index contributed by atoms with van der Waals surface area (Å²) in [7, 11) is 0. The van der Waals surface area contributed by atoms with E-state index in [4.69, 9.17) is 15.2 Å². The molecule has 4 heteroatoms. The van der Waals surface area contributed by atoms with Gasteiger partial charge in [0.15, 0.2) is 0 Å². The third-order valence-electron chi connectivity index (χ3n) is 0.801. The Bertz CT molecular complexity index is 87.1. The molecule has 0 amide bonds. The maximum Gasteiger partial charge on any atom is 0.259 e. The summed E-state index contributed by atoms with van der Waals surface area (Å²) in [5, 5.41) is 0. The molecular formula is C6H12NO3. The van der Waals surface area contributed by atoms with E-state index < -0.39 is 6.29 Å². The van der Waals surface area contributed by atoms with Crippen molar-refractivity contribution >= 4 is 6.29 Å². The van der Waals surface area contributed by atoms with Crippen LogP contribution in [0.4, 0.5) is 0 Å². The van der Waals surface area contributed by atoms with Gasteiger partial charge in [-0.2, -0.15) is 0 Å². The lowest BCUT2D eigenvalue weighted by molar-refractivity contribution is -0.0921. The Morgan fingerprint density at radius 3 is 2.70 bits per heavy atom. The summed E-state index contributed by atoms with van der Waals surface area (Å²) in [5.41, 5.74) is 5.12. The molecule has 59 valence electrons. The van der Waals surface area contributed by atoms with Crippen LogP contribution in [0.1, 0.15) is 6.92 Å². The van der Waals surface area contributed by atoms with E-state index in [1.807, 2.05) is 0 Å². The van der Waals surface area contributed by atoms with Gasteiger partial charge in [-0.15, -0.1) is 0 Å². The van der Waals surface area contributed by atoms with E-state index in [1.54, 1.807) is 13.2 Å². The lowest BCUT2D eigenvalue weighted by Gasteiger charge is -2.08. The molecule has 0 aliphatic carbocycles. The molecule has 0 aliphatic rings. The molecule has 1 unspecified atom stereocenters. The molecule has 0 heterocycles. The van der Waals surface area contributed by atoms with Gasteiger partial charge >= 0.3 is 0 Å². The Morgan fingerprint density at radius 1 is 1.60 bits per heavy atom. The first-order valence-electron chi connectivity index (χ1n) is 3.16. The van der Waals surface area contributed by atoms with E-state index in [2.05, 4.69) is 0 Å². The zero-order valence-corrected chi connectivity index (χ0v) is 6.00. The van der Waals surface area contributed by atoms with Gasteiger partial charge in [0.1, 0.15) is 0 Å². The van der Waals surface area contributed by atoms with Crippen molar-refractivity contribution in [3.8, 4) is 0 Å². The minimum Gasteiger partial charge on any atom is -0.346 e. The van der Waals surface area contributed by atoms with Crippen molar-refractivity contribution in [2.75, 3.05) is 19.8 Å². The quantitative estimate of drug-likeness (QED) is 0.510. The predicted molar refractivity (Wildman–Crippen MR) is 36.1 cm³/mol. The summed E-state index contributed by atoms with van der Waals surface area (Å²) in [4.78, 5) is 9.99. The van der Waals surface area contributed by atoms with Crippen LogP contribution in [0.5, 0.6) is 0 Å². The van der Waals surface area contributed by atoms with Crippen LogP contribution in [-0.2, 0) is 14.3 Å². The smallest absolute Gasteiger partial charge is 0.259 e. The molecule has 4 nitrogen and oxygen atoms in total. The van der Waals surface area contributed by atoms with Gasteiger partial charge in [-0.1, -0.05) is 0 Å². The molecule has 10 heavy (non-hydrogen) atoms. The molecule has 0 bridgehead atoms. The first-order chi connectivity index (χ1) is 4.85. The summed E-state index contributed by atoms with van der Waals surface area (Å²) >= 11 is 0. The molecule has 0 aromatic rings. The second kappa shape index (κ2) is 6.67. The molecule has 0 aliphatic heterocycles. The Labute approximate surface area is 60.3 Å². The number of hydrogen-bond donors (Lipinski definition) is 1. The van der Waals surface area contributed by atoms with Gasteiger partial charge in [-0.05, 0) is 6.92 Å². The molecule has 2 N–H and O–H groups in total. The second-order valence-corrected chi connectivity index (χ2v) is 1.56. The van der Waals surface area contributed by atoms with Crippen LogP contribution in [0, 0.1) is 0 Å². The third kappa shape index (κ3) is 4.43. The van der Waals surface area contributed by atoms with Crippen LogP contribution in [0.2, 0.25) is 0 Å². The number of rotatable bonds is 6. The highest BCUT2D eigenvalue weighted by Gasteiger charge is 2.05. The van der Waals surface area contributed by atoms with Gasteiger partial charge in [0.25, 0.3) is 6.29 Å². The van der Waals surface area contributed by atoms with Crippen LogP contribution < -0.4 is 5.73 Å². The van der Waals surface area contributed by atoms with E-state index in [9.17, 15) is 4.79 Å². The van der Waals surface area contributed by atoms with Crippen molar-refractivity contribution in [2.24, 2.45) is 5.73 Å². The monoisotopic (exact) mass is 146 g/mol. The summed E-state index contributed by atoms with van der Waals surface area (Å²) in [5.74, 6) is 0. The van der Waals surface area contributed by atoms with Crippen LogP contribution in [0.25, 0.3) is 0 Å². The van der Waals surface area contributed by atoms with E-state index in [0.717, 1.165) is 0 Å². The molecule has 0 aromatic heterocycles. The van der Waals surface area contributed by atoms with Crippen molar-refractivity contribution in [1.29, 1.82) is 0 Å². The van der Waals surface area contributed by atoms with E-state index in [-0.39, 0.29) is 0 Å². The van der Waals surface area contributed by atoms with Crippen molar-refractivity contribution < 1.29 is 14.3 Å². The Hall–Kier alpha value is -0.450. The van der Waals surface area contributed by atoms with Gasteiger partial charge in [-0.3, -0.25) is 4.79 Å². The van der Waals surface area contributed by atoms with E-state index in [1.165, 1.54) is 0 Å². The fourth-order valence-electron chi connectivity index (χ4n) is 0.443. The van der Waals surface area contributed by atoms with Crippen LogP contribution in [-0.4, -0.2) is 32.3 Å². The summed E-state index contributed by atoms with van der Waals surface area (Å²) in [6.45, 7) is 2.91. The SMILES string of the molecule is CCOC([C]=O)OCCN. The fourth-order valence-corrected chi connectivity index (χ4v) is 0.443. The molecule has 0 spiro atoms. The average molecular weight is 146 g/mol. The lowest BCUT2D eigenvalue weighted by Crippen LogP contribution is -2.22. The molecule has 0 saturated heterocycles. The van der Waals surface area contributed by atoms with E-state index >= 15 is 0 Å². The summed E-state index contributed by atoms with van der Waals surface area (Å²) in [6, 6.07) is 0. The second-order valence-electron chi connectivity index (χ2n) is 1.56. The Kier molecular flexibility index (Phi) is 6.37. The highest BCUT2D eigenvalue weighted by Crippen LogP contribution is 1.88. The molecule has 0 fully saturated rings. The first-order valence-corrected chi connectivity index (χ1v) is 3.16. The Morgan fingerprint density at radius 2 is 2.30 bits per heavy atom. The molecule has 0 saturated carbocycles. The number of nitrogens with two attached hydrogens (primary N) is 1. The normalized spacial score (nSPS) is 13.0.